The lowest BCUT2D eigenvalue weighted by atomic mass is 9.83. The quantitative estimate of drug-likeness (QED) is 0.734. The molecule has 27 heavy (non-hydrogen) atoms. The first-order valence-electron chi connectivity index (χ1n) is 9.29. The van der Waals surface area contributed by atoms with Crippen molar-refractivity contribution < 1.29 is 17.6 Å². The Labute approximate surface area is 158 Å². The van der Waals surface area contributed by atoms with Crippen molar-refractivity contribution in [1.29, 1.82) is 0 Å². The maximum Gasteiger partial charge on any atom is 0.206 e. The predicted molar refractivity (Wildman–Crippen MR) is 102 cm³/mol. The van der Waals surface area contributed by atoms with E-state index in [-0.39, 0.29) is 10.4 Å². The van der Waals surface area contributed by atoms with Crippen molar-refractivity contribution in [3.63, 3.8) is 0 Å². The second kappa shape index (κ2) is 6.19. The van der Waals surface area contributed by atoms with Gasteiger partial charge in [-0.05, 0) is 43.5 Å². The van der Waals surface area contributed by atoms with Gasteiger partial charge in [0.05, 0.1) is 16.4 Å². The number of fused-ring (bicyclic) bond motifs is 4. The van der Waals surface area contributed by atoms with E-state index in [1.165, 1.54) is 5.56 Å². The van der Waals surface area contributed by atoms with Gasteiger partial charge in [-0.15, -0.1) is 0 Å². The molecule has 1 N–H and O–H groups in total. The molecular weight excluding hydrogens is 362 g/mol. The molecule has 1 aromatic heterocycles. The fourth-order valence-electron chi connectivity index (χ4n) is 4.29. The van der Waals surface area contributed by atoms with Gasteiger partial charge in [0.25, 0.3) is 0 Å². The Hall–Kier alpha value is -2.15. The van der Waals surface area contributed by atoms with Crippen LogP contribution in [-0.2, 0) is 26.5 Å². The molecule has 1 saturated heterocycles. The van der Waals surface area contributed by atoms with Crippen LogP contribution in [0.4, 0.5) is 0 Å². The van der Waals surface area contributed by atoms with Crippen LogP contribution in [0.3, 0.4) is 0 Å². The lowest BCUT2D eigenvalue weighted by Gasteiger charge is -2.39. The van der Waals surface area contributed by atoms with Crippen molar-refractivity contribution in [1.82, 2.24) is 5.32 Å². The highest BCUT2D eigenvalue weighted by Crippen LogP contribution is 2.41. The molecule has 5 nitrogen and oxygen atoms in total. The molecule has 1 unspecified atom stereocenters. The van der Waals surface area contributed by atoms with Crippen molar-refractivity contribution in [3.8, 4) is 0 Å². The number of ether oxygens (including phenoxy) is 1. The van der Waals surface area contributed by atoms with Crippen molar-refractivity contribution in [2.45, 2.75) is 34.6 Å². The number of rotatable bonds is 2. The van der Waals surface area contributed by atoms with Gasteiger partial charge in [0.2, 0.25) is 9.84 Å². The molecule has 2 aliphatic heterocycles. The second-order valence-electron chi connectivity index (χ2n) is 7.30. The van der Waals surface area contributed by atoms with Gasteiger partial charge in [-0.3, -0.25) is 0 Å². The fraction of sp³-hybridized carbons (Fsp3) is 0.333. The van der Waals surface area contributed by atoms with Crippen molar-refractivity contribution >= 4 is 20.8 Å². The summed E-state index contributed by atoms with van der Waals surface area (Å²) in [6.07, 6.45) is 2.82. The number of hydrogen-bond acceptors (Lipinski definition) is 5. The summed E-state index contributed by atoms with van der Waals surface area (Å²) in [5.74, 6) is 0.915. The second-order valence-corrected chi connectivity index (χ2v) is 9.25. The van der Waals surface area contributed by atoms with Gasteiger partial charge in [0.15, 0.2) is 0 Å². The Morgan fingerprint density at radius 1 is 1.04 bits per heavy atom. The normalized spacial score (nSPS) is 22.8. The van der Waals surface area contributed by atoms with E-state index >= 15 is 0 Å². The first kappa shape index (κ1) is 17.0. The molecule has 2 aromatic carbocycles. The SMILES string of the molecule is O=S(=O)(c1ccccc1)c1ccc2c3c(oc2c1)C1(CCCOC1)NCC3. The molecule has 0 radical (unpaired) electrons. The molecule has 2 aliphatic rings. The zero-order valence-corrected chi connectivity index (χ0v) is 15.7. The Morgan fingerprint density at radius 3 is 2.67 bits per heavy atom. The molecule has 1 fully saturated rings. The Kier molecular flexibility index (Phi) is 3.89. The minimum Gasteiger partial charge on any atom is -0.459 e. The topological polar surface area (TPSA) is 68.5 Å². The summed E-state index contributed by atoms with van der Waals surface area (Å²) in [4.78, 5) is 0.550. The van der Waals surface area contributed by atoms with E-state index in [0.29, 0.717) is 17.1 Å². The van der Waals surface area contributed by atoms with Gasteiger partial charge in [-0.1, -0.05) is 18.2 Å². The molecule has 140 valence electrons. The molecule has 6 heteroatoms. The summed E-state index contributed by atoms with van der Waals surface area (Å²) >= 11 is 0. The van der Waals surface area contributed by atoms with E-state index < -0.39 is 9.84 Å². The first-order chi connectivity index (χ1) is 13.1. The van der Waals surface area contributed by atoms with Gasteiger partial charge in [-0.2, -0.15) is 0 Å². The van der Waals surface area contributed by atoms with E-state index in [4.69, 9.17) is 9.15 Å². The number of hydrogen-bond donors (Lipinski definition) is 1. The van der Waals surface area contributed by atoms with E-state index in [9.17, 15) is 8.42 Å². The lowest BCUT2D eigenvalue weighted by Crippen LogP contribution is -2.52. The minimum absolute atomic E-state index is 0.259. The van der Waals surface area contributed by atoms with Crippen LogP contribution in [0.15, 0.2) is 62.7 Å². The summed E-state index contributed by atoms with van der Waals surface area (Å²) in [5.41, 5.74) is 1.52. The third-order valence-electron chi connectivity index (χ3n) is 5.64. The zero-order valence-electron chi connectivity index (χ0n) is 14.9. The summed E-state index contributed by atoms with van der Waals surface area (Å²) in [6, 6.07) is 13.7. The molecule has 1 atom stereocenters. The van der Waals surface area contributed by atoms with Crippen LogP contribution in [0.2, 0.25) is 0 Å². The molecule has 5 rings (SSSR count). The highest BCUT2D eigenvalue weighted by molar-refractivity contribution is 7.91. The number of benzene rings is 2. The Balaban J connectivity index is 1.64. The summed E-state index contributed by atoms with van der Waals surface area (Å²) in [7, 11) is -3.57. The van der Waals surface area contributed by atoms with Crippen LogP contribution in [0.5, 0.6) is 0 Å². The third-order valence-corrected chi connectivity index (χ3v) is 7.41. The predicted octanol–water partition coefficient (Wildman–Crippen LogP) is 3.42. The molecule has 3 aromatic rings. The maximum atomic E-state index is 12.9. The molecule has 0 bridgehead atoms. The third kappa shape index (κ3) is 2.63. The summed E-state index contributed by atoms with van der Waals surface area (Å²) in [6.45, 7) is 2.24. The van der Waals surface area contributed by atoms with Crippen LogP contribution in [-0.4, -0.2) is 28.2 Å². The highest BCUT2D eigenvalue weighted by Gasteiger charge is 2.42. The fourth-order valence-corrected chi connectivity index (χ4v) is 5.59. The van der Waals surface area contributed by atoms with Crippen molar-refractivity contribution in [2.75, 3.05) is 19.8 Å². The van der Waals surface area contributed by atoms with Gasteiger partial charge in [0, 0.05) is 30.2 Å². The van der Waals surface area contributed by atoms with E-state index in [1.54, 1.807) is 36.4 Å². The minimum atomic E-state index is -3.57. The first-order valence-corrected chi connectivity index (χ1v) is 10.8. The monoisotopic (exact) mass is 383 g/mol. The maximum absolute atomic E-state index is 12.9. The molecule has 0 saturated carbocycles. The molecule has 1 spiro atoms. The lowest BCUT2D eigenvalue weighted by molar-refractivity contribution is 0.00539. The van der Waals surface area contributed by atoms with Crippen LogP contribution in [0, 0.1) is 0 Å². The number of sulfone groups is 1. The van der Waals surface area contributed by atoms with Crippen LogP contribution >= 0.6 is 0 Å². The van der Waals surface area contributed by atoms with Gasteiger partial charge >= 0.3 is 0 Å². The van der Waals surface area contributed by atoms with E-state index in [2.05, 4.69) is 5.32 Å². The Bertz CT molecular complexity index is 1100. The summed E-state index contributed by atoms with van der Waals surface area (Å²) < 4.78 is 37.9. The smallest absolute Gasteiger partial charge is 0.206 e. The van der Waals surface area contributed by atoms with Crippen LogP contribution in [0.1, 0.15) is 24.2 Å². The Morgan fingerprint density at radius 2 is 1.89 bits per heavy atom. The van der Waals surface area contributed by atoms with Crippen molar-refractivity contribution in [2.24, 2.45) is 0 Å². The average molecular weight is 383 g/mol. The van der Waals surface area contributed by atoms with E-state index in [1.807, 2.05) is 12.1 Å². The largest absolute Gasteiger partial charge is 0.459 e. The molecule has 0 aliphatic carbocycles. The molecular formula is C21H21NO4S. The van der Waals surface area contributed by atoms with Crippen LogP contribution < -0.4 is 5.32 Å². The van der Waals surface area contributed by atoms with Gasteiger partial charge in [-0.25, -0.2) is 8.42 Å². The van der Waals surface area contributed by atoms with Crippen molar-refractivity contribution in [3.05, 3.63) is 59.9 Å². The van der Waals surface area contributed by atoms with Crippen LogP contribution in [0.25, 0.3) is 11.0 Å². The standard InChI is InChI=1S/C21H21NO4S/c23-27(24,15-5-2-1-3-6-15)16-7-8-17-18-9-11-22-21(10-4-12-25-14-21)20(18)26-19(17)13-16/h1-3,5-8,13,22H,4,9-12,14H2. The molecule has 3 heterocycles. The van der Waals surface area contributed by atoms with Gasteiger partial charge < -0.3 is 14.5 Å². The van der Waals surface area contributed by atoms with E-state index in [0.717, 1.165) is 43.6 Å². The van der Waals surface area contributed by atoms with Gasteiger partial charge in [0.1, 0.15) is 16.9 Å². The number of nitrogens with one attached hydrogen (secondary N) is 1. The highest BCUT2D eigenvalue weighted by atomic mass is 32.2. The average Bonchev–Trinajstić information content (AvgIpc) is 3.09. The zero-order chi connectivity index (χ0) is 18.5. The number of furan rings is 1. The summed E-state index contributed by atoms with van der Waals surface area (Å²) in [5, 5.41) is 4.59. The molecule has 0 amide bonds.